The molecule has 0 saturated carbocycles. The summed E-state index contributed by atoms with van der Waals surface area (Å²) in [7, 11) is -4.16. The van der Waals surface area contributed by atoms with Crippen LogP contribution in [0.5, 0.6) is 0 Å². The Morgan fingerprint density at radius 3 is 2.15 bits per heavy atom. The number of carbonyl (C=O) groups is 2. The Kier molecular flexibility index (Phi) is 9.86. The van der Waals surface area contributed by atoms with Gasteiger partial charge in [0, 0.05) is 18.2 Å². The molecule has 0 aliphatic rings. The SMILES string of the molecule is CCC(C)NC(=O)C(C)N(Cc1ccccc1F)C(=O)CN(c1ccccc1C)S(=O)(=O)c1ccc(C)cc1. The number of halogens is 1. The zero-order chi connectivity index (χ0) is 28.7. The van der Waals surface area contributed by atoms with E-state index in [1.54, 1.807) is 56.3 Å². The average Bonchev–Trinajstić information content (AvgIpc) is 2.91. The molecule has 208 valence electrons. The normalized spacial score (nSPS) is 12.9. The van der Waals surface area contributed by atoms with Crippen LogP contribution in [-0.2, 0) is 26.2 Å². The molecule has 0 bridgehead atoms. The van der Waals surface area contributed by atoms with Crippen LogP contribution in [0.25, 0.3) is 0 Å². The summed E-state index contributed by atoms with van der Waals surface area (Å²) in [6.45, 7) is 8.17. The van der Waals surface area contributed by atoms with E-state index in [1.807, 2.05) is 20.8 Å². The molecule has 0 fully saturated rings. The highest BCUT2D eigenvalue weighted by Gasteiger charge is 2.33. The van der Waals surface area contributed by atoms with Gasteiger partial charge >= 0.3 is 0 Å². The lowest BCUT2D eigenvalue weighted by Crippen LogP contribution is -2.52. The maximum absolute atomic E-state index is 14.6. The van der Waals surface area contributed by atoms with Gasteiger partial charge in [-0.2, -0.15) is 0 Å². The standard InChI is InChI=1S/C30H36FN3O4S/c1-6-23(4)32-30(36)24(5)33(19-25-12-8-9-13-27(25)31)29(35)20-34(28-14-10-7-11-22(28)3)39(37,38)26-17-15-21(2)16-18-26/h7-18,23-24H,6,19-20H2,1-5H3,(H,32,36). The summed E-state index contributed by atoms with van der Waals surface area (Å²) in [6, 6.07) is 18.2. The summed E-state index contributed by atoms with van der Waals surface area (Å²) < 4.78 is 43.4. The van der Waals surface area contributed by atoms with Crippen LogP contribution < -0.4 is 9.62 Å². The minimum Gasteiger partial charge on any atom is -0.352 e. The molecule has 7 nitrogen and oxygen atoms in total. The number of amides is 2. The van der Waals surface area contributed by atoms with Gasteiger partial charge in [-0.25, -0.2) is 12.8 Å². The number of hydrogen-bond acceptors (Lipinski definition) is 4. The Labute approximate surface area is 230 Å². The number of anilines is 1. The molecule has 0 heterocycles. The van der Waals surface area contributed by atoms with E-state index >= 15 is 0 Å². The van der Waals surface area contributed by atoms with Crippen LogP contribution in [0.3, 0.4) is 0 Å². The second-order valence-corrected chi connectivity index (χ2v) is 11.6. The maximum Gasteiger partial charge on any atom is 0.264 e. The summed E-state index contributed by atoms with van der Waals surface area (Å²) in [5.41, 5.74) is 2.11. The lowest BCUT2D eigenvalue weighted by molar-refractivity contribution is -0.139. The molecule has 9 heteroatoms. The molecular formula is C30H36FN3O4S. The number of benzene rings is 3. The van der Waals surface area contributed by atoms with Gasteiger partial charge < -0.3 is 10.2 Å². The molecule has 3 aromatic carbocycles. The molecule has 3 aromatic rings. The lowest BCUT2D eigenvalue weighted by atomic mass is 10.1. The third-order valence-electron chi connectivity index (χ3n) is 6.74. The van der Waals surface area contributed by atoms with Crippen molar-refractivity contribution in [2.45, 2.75) is 64.6 Å². The number of rotatable bonds is 11. The van der Waals surface area contributed by atoms with Crippen molar-refractivity contribution in [2.24, 2.45) is 0 Å². The second kappa shape index (κ2) is 12.9. The number of carbonyl (C=O) groups excluding carboxylic acids is 2. The van der Waals surface area contributed by atoms with Crippen LogP contribution >= 0.6 is 0 Å². The van der Waals surface area contributed by atoms with Crippen molar-refractivity contribution in [2.75, 3.05) is 10.8 Å². The molecule has 3 rings (SSSR count). The molecule has 0 aliphatic heterocycles. The van der Waals surface area contributed by atoms with Crippen molar-refractivity contribution in [3.63, 3.8) is 0 Å². The fraction of sp³-hybridized carbons (Fsp3) is 0.333. The van der Waals surface area contributed by atoms with E-state index in [1.165, 1.54) is 35.2 Å². The van der Waals surface area contributed by atoms with Gasteiger partial charge in [0.25, 0.3) is 10.0 Å². The second-order valence-electron chi connectivity index (χ2n) is 9.72. The van der Waals surface area contributed by atoms with Crippen LogP contribution in [0.15, 0.2) is 77.7 Å². The van der Waals surface area contributed by atoms with Crippen molar-refractivity contribution in [1.82, 2.24) is 10.2 Å². The highest BCUT2D eigenvalue weighted by molar-refractivity contribution is 7.92. The quantitative estimate of drug-likeness (QED) is 0.363. The maximum atomic E-state index is 14.6. The molecule has 2 amide bonds. The predicted octanol–water partition coefficient (Wildman–Crippen LogP) is 4.97. The largest absolute Gasteiger partial charge is 0.352 e. The Morgan fingerprint density at radius 1 is 0.923 bits per heavy atom. The number of hydrogen-bond donors (Lipinski definition) is 1. The van der Waals surface area contributed by atoms with Crippen molar-refractivity contribution < 1.29 is 22.4 Å². The van der Waals surface area contributed by atoms with Crippen LogP contribution in [-0.4, -0.2) is 43.8 Å². The van der Waals surface area contributed by atoms with Gasteiger partial charge in [0.15, 0.2) is 0 Å². The molecular weight excluding hydrogens is 517 g/mol. The summed E-state index contributed by atoms with van der Waals surface area (Å²) in [6.07, 6.45) is 0.690. The molecule has 1 N–H and O–H groups in total. The summed E-state index contributed by atoms with van der Waals surface area (Å²) in [5.74, 6) is -1.56. The van der Waals surface area contributed by atoms with Gasteiger partial charge in [-0.1, -0.05) is 61.0 Å². The zero-order valence-electron chi connectivity index (χ0n) is 23.0. The Hall–Kier alpha value is -3.72. The molecule has 0 saturated heterocycles. The van der Waals surface area contributed by atoms with E-state index in [4.69, 9.17) is 0 Å². The highest BCUT2D eigenvalue weighted by Crippen LogP contribution is 2.27. The topological polar surface area (TPSA) is 86.8 Å². The van der Waals surface area contributed by atoms with Gasteiger partial charge in [0.1, 0.15) is 18.4 Å². The number of sulfonamides is 1. The number of aryl methyl sites for hydroxylation is 2. The van der Waals surface area contributed by atoms with E-state index in [2.05, 4.69) is 5.32 Å². The first-order valence-electron chi connectivity index (χ1n) is 12.9. The zero-order valence-corrected chi connectivity index (χ0v) is 23.8. The number of nitrogens with zero attached hydrogens (tertiary/aromatic N) is 2. The predicted molar refractivity (Wildman–Crippen MR) is 151 cm³/mol. The third kappa shape index (κ3) is 7.23. The summed E-state index contributed by atoms with van der Waals surface area (Å²) in [5, 5.41) is 2.86. The van der Waals surface area contributed by atoms with E-state index in [9.17, 15) is 22.4 Å². The van der Waals surface area contributed by atoms with E-state index < -0.39 is 40.2 Å². The first-order chi connectivity index (χ1) is 18.4. The Balaban J connectivity index is 2.05. The van der Waals surface area contributed by atoms with Crippen molar-refractivity contribution in [3.8, 4) is 0 Å². The van der Waals surface area contributed by atoms with Gasteiger partial charge in [0.05, 0.1) is 10.6 Å². The van der Waals surface area contributed by atoms with Crippen LogP contribution in [0.4, 0.5) is 10.1 Å². The minimum atomic E-state index is -4.16. The van der Waals surface area contributed by atoms with Gasteiger partial charge in [-0.3, -0.25) is 13.9 Å². The average molecular weight is 554 g/mol. The van der Waals surface area contributed by atoms with Crippen LogP contribution in [0.2, 0.25) is 0 Å². The fourth-order valence-corrected chi connectivity index (χ4v) is 5.53. The van der Waals surface area contributed by atoms with Crippen LogP contribution in [0.1, 0.15) is 43.9 Å². The lowest BCUT2D eigenvalue weighted by Gasteiger charge is -2.33. The highest BCUT2D eigenvalue weighted by atomic mass is 32.2. The van der Waals surface area contributed by atoms with E-state index in [-0.39, 0.29) is 23.0 Å². The van der Waals surface area contributed by atoms with Gasteiger partial charge in [-0.05, 0) is 63.9 Å². The van der Waals surface area contributed by atoms with Gasteiger partial charge in [0.2, 0.25) is 11.8 Å². The Morgan fingerprint density at radius 2 is 1.54 bits per heavy atom. The molecule has 39 heavy (non-hydrogen) atoms. The summed E-state index contributed by atoms with van der Waals surface area (Å²) >= 11 is 0. The smallest absolute Gasteiger partial charge is 0.264 e. The molecule has 0 aliphatic carbocycles. The number of nitrogens with one attached hydrogen (secondary N) is 1. The Bertz CT molecular complexity index is 1410. The number of para-hydroxylation sites is 1. The fourth-order valence-electron chi connectivity index (χ4n) is 4.05. The van der Waals surface area contributed by atoms with Crippen molar-refractivity contribution >= 4 is 27.5 Å². The monoisotopic (exact) mass is 553 g/mol. The molecule has 0 aromatic heterocycles. The van der Waals surface area contributed by atoms with E-state index in [0.717, 1.165) is 9.87 Å². The molecule has 0 radical (unpaired) electrons. The van der Waals surface area contributed by atoms with Crippen molar-refractivity contribution in [1.29, 1.82) is 0 Å². The first-order valence-corrected chi connectivity index (χ1v) is 14.4. The first kappa shape index (κ1) is 29.8. The van der Waals surface area contributed by atoms with E-state index in [0.29, 0.717) is 17.7 Å². The summed E-state index contributed by atoms with van der Waals surface area (Å²) in [4.78, 5) is 28.2. The third-order valence-corrected chi connectivity index (χ3v) is 8.51. The molecule has 0 spiro atoms. The minimum absolute atomic E-state index is 0.0346. The van der Waals surface area contributed by atoms with Crippen LogP contribution in [0, 0.1) is 19.7 Å². The van der Waals surface area contributed by atoms with Gasteiger partial charge in [-0.15, -0.1) is 0 Å². The molecule has 2 unspecified atom stereocenters. The van der Waals surface area contributed by atoms with Crippen molar-refractivity contribution in [3.05, 3.63) is 95.3 Å². The molecule has 2 atom stereocenters.